The van der Waals surface area contributed by atoms with Gasteiger partial charge in [0.05, 0.1) is 27.3 Å². The van der Waals surface area contributed by atoms with Crippen LogP contribution in [0.1, 0.15) is 55.0 Å². The Morgan fingerprint density at radius 3 is 2.54 bits per heavy atom. The van der Waals surface area contributed by atoms with E-state index in [0.717, 1.165) is 0 Å². The van der Waals surface area contributed by atoms with Gasteiger partial charge in [-0.2, -0.15) is 0 Å². The summed E-state index contributed by atoms with van der Waals surface area (Å²) in [7, 11) is 0. The van der Waals surface area contributed by atoms with Gasteiger partial charge >= 0.3 is 0 Å². The average Bonchev–Trinajstić information content (AvgIpc) is 3.26. The number of carbonyl (C=O) groups is 2. The minimum Gasteiger partial charge on any atom is -0.342 e. The second-order valence-corrected chi connectivity index (χ2v) is 10.2. The number of carbonyl (C=O) groups excluding carboxylic acids is 2. The highest BCUT2D eigenvalue weighted by Crippen LogP contribution is 2.27. The average molecular weight is 545 g/mol. The van der Waals surface area contributed by atoms with Gasteiger partial charge in [-0.25, -0.2) is 0 Å². The van der Waals surface area contributed by atoms with Crippen molar-refractivity contribution in [2.45, 2.75) is 51.9 Å². The van der Waals surface area contributed by atoms with E-state index in [-0.39, 0.29) is 29.2 Å². The van der Waals surface area contributed by atoms with Gasteiger partial charge in [0.2, 0.25) is 5.91 Å². The fraction of sp³-hybridized carbons (Fsp3) is 0.360. The van der Waals surface area contributed by atoms with E-state index < -0.39 is 11.0 Å². The van der Waals surface area contributed by atoms with E-state index in [1.165, 1.54) is 30.0 Å². The van der Waals surface area contributed by atoms with E-state index in [4.69, 9.17) is 11.6 Å². The molecule has 0 fully saturated rings. The molecule has 0 aliphatic rings. The Morgan fingerprint density at radius 1 is 1.19 bits per heavy atom. The van der Waals surface area contributed by atoms with Crippen molar-refractivity contribution in [2.75, 3.05) is 11.1 Å². The topological polar surface area (TPSA) is 132 Å². The molecule has 0 bridgehead atoms. The third-order valence-electron chi connectivity index (χ3n) is 5.53. The smallest absolute Gasteiger partial charge is 0.269 e. The van der Waals surface area contributed by atoms with Crippen molar-refractivity contribution in [3.8, 4) is 0 Å². The molecule has 0 saturated carbocycles. The first kappa shape index (κ1) is 28.1. The van der Waals surface area contributed by atoms with Crippen LogP contribution in [0.15, 0.2) is 47.6 Å². The summed E-state index contributed by atoms with van der Waals surface area (Å²) in [6.07, 6.45) is 0.638. The van der Waals surface area contributed by atoms with Crippen LogP contribution < -0.4 is 10.6 Å². The second-order valence-electron chi connectivity index (χ2n) is 8.81. The molecule has 0 radical (unpaired) electrons. The highest BCUT2D eigenvalue weighted by Gasteiger charge is 2.25. The van der Waals surface area contributed by atoms with E-state index >= 15 is 0 Å². The minimum absolute atomic E-state index is 0.0361. The van der Waals surface area contributed by atoms with Crippen molar-refractivity contribution >= 4 is 46.6 Å². The van der Waals surface area contributed by atoms with E-state index in [1.54, 1.807) is 31.2 Å². The number of non-ortho nitro benzene ring substituents is 1. The summed E-state index contributed by atoms with van der Waals surface area (Å²) in [5.74, 6) is 0.361. The van der Waals surface area contributed by atoms with Crippen LogP contribution in [-0.4, -0.2) is 37.3 Å². The molecule has 1 heterocycles. The number of amides is 2. The Kier molecular flexibility index (Phi) is 9.65. The first-order chi connectivity index (χ1) is 17.6. The predicted molar refractivity (Wildman–Crippen MR) is 144 cm³/mol. The van der Waals surface area contributed by atoms with Crippen molar-refractivity contribution in [1.82, 2.24) is 20.1 Å². The molecule has 1 aromatic heterocycles. The van der Waals surface area contributed by atoms with Crippen molar-refractivity contribution in [2.24, 2.45) is 5.92 Å². The van der Waals surface area contributed by atoms with Gasteiger partial charge in [0, 0.05) is 24.4 Å². The van der Waals surface area contributed by atoms with Crippen LogP contribution in [0.2, 0.25) is 5.02 Å². The molecule has 0 saturated heterocycles. The summed E-state index contributed by atoms with van der Waals surface area (Å²) in [5.41, 5.74) is 1.45. The van der Waals surface area contributed by atoms with Crippen molar-refractivity contribution in [3.05, 3.63) is 74.6 Å². The second kappa shape index (κ2) is 12.7. The van der Waals surface area contributed by atoms with Crippen LogP contribution in [0, 0.1) is 23.0 Å². The Hall–Kier alpha value is -3.44. The van der Waals surface area contributed by atoms with Gasteiger partial charge in [-0.05, 0) is 49.9 Å². The van der Waals surface area contributed by atoms with Gasteiger partial charge in [-0.1, -0.05) is 49.3 Å². The highest BCUT2D eigenvalue weighted by molar-refractivity contribution is 7.99. The van der Waals surface area contributed by atoms with Crippen molar-refractivity contribution in [1.29, 1.82) is 0 Å². The number of anilines is 1. The van der Waals surface area contributed by atoms with Gasteiger partial charge in [0.1, 0.15) is 0 Å². The van der Waals surface area contributed by atoms with Crippen molar-refractivity contribution in [3.63, 3.8) is 0 Å². The molecule has 0 aliphatic carbocycles. The van der Waals surface area contributed by atoms with E-state index in [2.05, 4.69) is 34.7 Å². The quantitative estimate of drug-likeness (QED) is 0.187. The minimum atomic E-state index is -0.479. The van der Waals surface area contributed by atoms with Gasteiger partial charge in [-0.15, -0.1) is 10.2 Å². The standard InChI is InChI=1S/C25H29ClN6O4S/c1-5-31-23(21(12-15(2)3)28-24(34)18-8-6-7-9-19(18)26)29-30-25(31)37-14-22(33)27-20-11-10-17(32(35)36)13-16(20)4/h6-11,13,15,21H,5,12,14H2,1-4H3,(H,27,33)(H,28,34)/t21-/m0/s1. The predicted octanol–water partition coefficient (Wildman–Crippen LogP) is 5.42. The van der Waals surface area contributed by atoms with E-state index in [0.29, 0.717) is 45.8 Å². The van der Waals surface area contributed by atoms with E-state index in [9.17, 15) is 19.7 Å². The molecule has 0 unspecified atom stereocenters. The molecular weight excluding hydrogens is 516 g/mol. The SMILES string of the molecule is CCn1c(SCC(=O)Nc2ccc([N+](=O)[O-])cc2C)nnc1[C@H](CC(C)C)NC(=O)c1ccccc1Cl. The molecule has 10 nitrogen and oxygen atoms in total. The number of nitro benzene ring substituents is 1. The first-order valence-corrected chi connectivity index (χ1v) is 13.1. The highest BCUT2D eigenvalue weighted by atomic mass is 35.5. The zero-order chi connectivity index (χ0) is 27.1. The van der Waals surface area contributed by atoms with Gasteiger partial charge in [0.15, 0.2) is 11.0 Å². The van der Waals surface area contributed by atoms with Crippen LogP contribution in [-0.2, 0) is 11.3 Å². The van der Waals surface area contributed by atoms with Gasteiger partial charge in [-0.3, -0.25) is 19.7 Å². The Labute approximate surface area is 224 Å². The monoisotopic (exact) mass is 544 g/mol. The van der Waals surface area contributed by atoms with Crippen LogP contribution in [0.4, 0.5) is 11.4 Å². The number of nitro groups is 1. The zero-order valence-electron chi connectivity index (χ0n) is 21.0. The lowest BCUT2D eigenvalue weighted by atomic mass is 10.0. The normalized spacial score (nSPS) is 11.8. The lowest BCUT2D eigenvalue weighted by molar-refractivity contribution is -0.384. The van der Waals surface area contributed by atoms with Crippen LogP contribution in [0.25, 0.3) is 0 Å². The third-order valence-corrected chi connectivity index (χ3v) is 6.83. The number of nitrogens with one attached hydrogen (secondary N) is 2. The fourth-order valence-electron chi connectivity index (χ4n) is 3.76. The summed E-state index contributed by atoms with van der Waals surface area (Å²) in [6.45, 7) is 8.30. The molecule has 2 N–H and O–H groups in total. The summed E-state index contributed by atoms with van der Waals surface area (Å²) in [5, 5.41) is 26.3. The number of hydrogen-bond donors (Lipinski definition) is 2. The molecule has 37 heavy (non-hydrogen) atoms. The van der Waals surface area contributed by atoms with E-state index in [1.807, 2.05) is 11.5 Å². The maximum atomic E-state index is 13.0. The molecule has 2 amide bonds. The molecule has 0 spiro atoms. The molecule has 12 heteroatoms. The van der Waals surface area contributed by atoms with Crippen molar-refractivity contribution < 1.29 is 14.5 Å². The summed E-state index contributed by atoms with van der Waals surface area (Å²) in [6, 6.07) is 10.7. The molecule has 1 atom stereocenters. The molecule has 196 valence electrons. The Bertz CT molecular complexity index is 1300. The van der Waals surface area contributed by atoms with Gasteiger partial charge < -0.3 is 15.2 Å². The molecule has 3 rings (SSSR count). The Morgan fingerprint density at radius 2 is 1.92 bits per heavy atom. The van der Waals surface area contributed by atoms with Crippen LogP contribution >= 0.6 is 23.4 Å². The number of thioether (sulfide) groups is 1. The molecular formula is C25H29ClN6O4S. The number of aryl methyl sites for hydroxylation is 1. The van der Waals surface area contributed by atoms with Gasteiger partial charge in [0.25, 0.3) is 11.6 Å². The molecule has 0 aliphatic heterocycles. The maximum Gasteiger partial charge on any atom is 0.269 e. The lowest BCUT2D eigenvalue weighted by Crippen LogP contribution is -2.31. The van der Waals surface area contributed by atoms with Crippen LogP contribution in [0.5, 0.6) is 0 Å². The Balaban J connectivity index is 1.73. The third kappa shape index (κ3) is 7.30. The first-order valence-electron chi connectivity index (χ1n) is 11.8. The molecule has 3 aromatic rings. The fourth-order valence-corrected chi connectivity index (χ4v) is 4.79. The summed E-state index contributed by atoms with van der Waals surface area (Å²) < 4.78 is 1.88. The number of rotatable bonds is 11. The summed E-state index contributed by atoms with van der Waals surface area (Å²) >= 11 is 7.44. The lowest BCUT2D eigenvalue weighted by Gasteiger charge is -2.21. The number of halogens is 1. The number of nitrogens with zero attached hydrogens (tertiary/aromatic N) is 4. The zero-order valence-corrected chi connectivity index (χ0v) is 22.6. The number of benzene rings is 2. The maximum absolute atomic E-state index is 13.0. The van der Waals surface area contributed by atoms with Crippen LogP contribution in [0.3, 0.4) is 0 Å². The largest absolute Gasteiger partial charge is 0.342 e. The molecule has 2 aromatic carbocycles. The summed E-state index contributed by atoms with van der Waals surface area (Å²) in [4.78, 5) is 36.0. The number of aromatic nitrogens is 3. The number of hydrogen-bond acceptors (Lipinski definition) is 7.